The van der Waals surface area contributed by atoms with Crippen molar-refractivity contribution in [2.75, 3.05) is 13.2 Å². The van der Waals surface area contributed by atoms with E-state index in [9.17, 15) is 14.4 Å². The topological polar surface area (TPSA) is 78.9 Å². The Kier molecular flexibility index (Phi) is 36.0. The standard InChI is InChI=1S/C41H78O6/c1-4-7-10-12-14-16-18-20-22-24-26-28-31-34-40(43)46-37-38(36-45-39(42)33-30-9-6-3)47-41(44)35-32-29-27-25-23-21-19-17-15-13-11-8-5-2/h38H,4-37H2,1-3H3. The van der Waals surface area contributed by atoms with Gasteiger partial charge in [0, 0.05) is 19.3 Å². The molecule has 0 saturated heterocycles. The lowest BCUT2D eigenvalue weighted by Gasteiger charge is -2.18. The smallest absolute Gasteiger partial charge is 0.306 e. The van der Waals surface area contributed by atoms with Crippen molar-refractivity contribution in [2.45, 2.75) is 232 Å². The van der Waals surface area contributed by atoms with Gasteiger partial charge in [-0.2, -0.15) is 0 Å². The van der Waals surface area contributed by atoms with Gasteiger partial charge in [0.2, 0.25) is 0 Å². The number of carbonyl (C=O) groups is 3. The SMILES string of the molecule is CCCCCCCCCCCCCCCC(=O)OCC(COC(=O)CCCCC)OC(=O)CCCCCCCCCCCCCCC. The van der Waals surface area contributed by atoms with Crippen molar-refractivity contribution in [1.82, 2.24) is 0 Å². The summed E-state index contributed by atoms with van der Waals surface area (Å²) >= 11 is 0. The van der Waals surface area contributed by atoms with Crippen LogP contribution in [0.4, 0.5) is 0 Å². The lowest BCUT2D eigenvalue weighted by atomic mass is 10.0. The van der Waals surface area contributed by atoms with Crippen molar-refractivity contribution in [3.63, 3.8) is 0 Å². The normalized spacial score (nSPS) is 11.8. The summed E-state index contributed by atoms with van der Waals surface area (Å²) in [5.74, 6) is -0.887. The summed E-state index contributed by atoms with van der Waals surface area (Å²) in [5, 5.41) is 0. The molecule has 0 amide bonds. The number of ether oxygens (including phenoxy) is 3. The van der Waals surface area contributed by atoms with Gasteiger partial charge < -0.3 is 14.2 Å². The predicted molar refractivity (Wildman–Crippen MR) is 197 cm³/mol. The molecule has 0 spiro atoms. The van der Waals surface area contributed by atoms with Gasteiger partial charge >= 0.3 is 17.9 Å². The highest BCUT2D eigenvalue weighted by atomic mass is 16.6. The molecule has 1 atom stereocenters. The summed E-state index contributed by atoms with van der Waals surface area (Å²) in [4.78, 5) is 37.1. The molecule has 0 aliphatic carbocycles. The van der Waals surface area contributed by atoms with Gasteiger partial charge in [-0.3, -0.25) is 14.4 Å². The van der Waals surface area contributed by atoms with E-state index in [0.29, 0.717) is 19.3 Å². The first-order chi connectivity index (χ1) is 23.0. The van der Waals surface area contributed by atoms with Crippen LogP contribution >= 0.6 is 0 Å². The molecule has 6 heteroatoms. The quantitative estimate of drug-likeness (QED) is 0.0373. The zero-order chi connectivity index (χ0) is 34.5. The molecule has 0 bridgehead atoms. The first kappa shape index (κ1) is 45.4. The minimum absolute atomic E-state index is 0.0656. The molecular formula is C41H78O6. The van der Waals surface area contributed by atoms with E-state index < -0.39 is 6.10 Å². The second-order valence-electron chi connectivity index (χ2n) is 13.9. The summed E-state index contributed by atoms with van der Waals surface area (Å²) < 4.78 is 16.5. The molecule has 0 aromatic carbocycles. The number of rotatable bonds is 37. The molecule has 0 rings (SSSR count). The third kappa shape index (κ3) is 35.5. The lowest BCUT2D eigenvalue weighted by molar-refractivity contribution is -0.167. The number of esters is 3. The Labute approximate surface area is 291 Å². The Morgan fingerprint density at radius 3 is 0.894 bits per heavy atom. The van der Waals surface area contributed by atoms with Crippen LogP contribution < -0.4 is 0 Å². The van der Waals surface area contributed by atoms with E-state index in [0.717, 1.165) is 57.8 Å². The zero-order valence-electron chi connectivity index (χ0n) is 31.6. The molecule has 0 aliphatic heterocycles. The Balaban J connectivity index is 4.12. The minimum Gasteiger partial charge on any atom is -0.462 e. The fourth-order valence-corrected chi connectivity index (χ4v) is 5.97. The van der Waals surface area contributed by atoms with Crippen LogP contribution in [0, 0.1) is 0 Å². The minimum atomic E-state index is -0.754. The number of hydrogen-bond acceptors (Lipinski definition) is 6. The Hall–Kier alpha value is -1.59. The average Bonchev–Trinajstić information content (AvgIpc) is 3.06. The first-order valence-electron chi connectivity index (χ1n) is 20.5. The molecule has 0 N–H and O–H groups in total. The van der Waals surface area contributed by atoms with Gasteiger partial charge in [-0.1, -0.05) is 188 Å². The van der Waals surface area contributed by atoms with Gasteiger partial charge in [-0.25, -0.2) is 0 Å². The molecular weight excluding hydrogens is 588 g/mol. The van der Waals surface area contributed by atoms with Crippen molar-refractivity contribution in [3.8, 4) is 0 Å². The molecule has 0 aromatic heterocycles. The van der Waals surface area contributed by atoms with E-state index >= 15 is 0 Å². The highest BCUT2D eigenvalue weighted by Gasteiger charge is 2.19. The number of carbonyl (C=O) groups excluding carboxylic acids is 3. The van der Waals surface area contributed by atoms with Gasteiger partial charge in [0.25, 0.3) is 0 Å². The molecule has 47 heavy (non-hydrogen) atoms. The predicted octanol–water partition coefficient (Wildman–Crippen LogP) is 12.5. The maximum atomic E-state index is 12.6. The molecule has 0 radical (unpaired) electrons. The Morgan fingerprint density at radius 1 is 0.340 bits per heavy atom. The third-order valence-electron chi connectivity index (χ3n) is 9.11. The summed E-state index contributed by atoms with van der Waals surface area (Å²) in [6.07, 6.45) is 35.7. The van der Waals surface area contributed by atoms with E-state index in [2.05, 4.69) is 20.8 Å². The van der Waals surface area contributed by atoms with Crippen LogP contribution in [0.2, 0.25) is 0 Å². The highest BCUT2D eigenvalue weighted by Crippen LogP contribution is 2.15. The second kappa shape index (κ2) is 37.2. The van der Waals surface area contributed by atoms with E-state index in [4.69, 9.17) is 14.2 Å². The first-order valence-corrected chi connectivity index (χ1v) is 20.5. The zero-order valence-corrected chi connectivity index (χ0v) is 31.6. The van der Waals surface area contributed by atoms with Crippen LogP contribution in [0.5, 0.6) is 0 Å². The summed E-state index contributed by atoms with van der Waals surface area (Å²) in [6, 6.07) is 0. The van der Waals surface area contributed by atoms with E-state index in [1.165, 1.54) is 128 Å². The summed E-state index contributed by atoms with van der Waals surface area (Å²) in [7, 11) is 0. The lowest BCUT2D eigenvalue weighted by Crippen LogP contribution is -2.30. The Morgan fingerprint density at radius 2 is 0.574 bits per heavy atom. The number of hydrogen-bond donors (Lipinski definition) is 0. The fraction of sp³-hybridized carbons (Fsp3) is 0.927. The van der Waals surface area contributed by atoms with Crippen LogP contribution in [0.3, 0.4) is 0 Å². The molecule has 1 unspecified atom stereocenters. The van der Waals surface area contributed by atoms with Gasteiger partial charge in [-0.15, -0.1) is 0 Å². The molecule has 0 heterocycles. The monoisotopic (exact) mass is 667 g/mol. The Bertz CT molecular complexity index is 693. The fourth-order valence-electron chi connectivity index (χ4n) is 5.97. The van der Waals surface area contributed by atoms with E-state index in [-0.39, 0.29) is 31.1 Å². The van der Waals surface area contributed by atoms with Crippen LogP contribution in [-0.2, 0) is 28.6 Å². The van der Waals surface area contributed by atoms with Crippen molar-refractivity contribution in [2.24, 2.45) is 0 Å². The highest BCUT2D eigenvalue weighted by molar-refractivity contribution is 5.71. The summed E-state index contributed by atoms with van der Waals surface area (Å²) in [5.41, 5.74) is 0. The molecule has 6 nitrogen and oxygen atoms in total. The molecule has 0 aromatic rings. The largest absolute Gasteiger partial charge is 0.462 e. The van der Waals surface area contributed by atoms with Crippen LogP contribution in [-0.4, -0.2) is 37.2 Å². The second-order valence-corrected chi connectivity index (χ2v) is 13.9. The van der Waals surface area contributed by atoms with Gasteiger partial charge in [0.05, 0.1) is 0 Å². The summed E-state index contributed by atoms with van der Waals surface area (Å²) in [6.45, 7) is 6.47. The molecule has 0 saturated carbocycles. The van der Waals surface area contributed by atoms with Crippen molar-refractivity contribution >= 4 is 17.9 Å². The van der Waals surface area contributed by atoms with Crippen LogP contribution in [0.25, 0.3) is 0 Å². The van der Waals surface area contributed by atoms with Gasteiger partial charge in [-0.05, 0) is 19.3 Å². The maximum Gasteiger partial charge on any atom is 0.306 e. The number of unbranched alkanes of at least 4 members (excludes halogenated alkanes) is 26. The van der Waals surface area contributed by atoms with Crippen molar-refractivity contribution in [1.29, 1.82) is 0 Å². The average molecular weight is 667 g/mol. The van der Waals surface area contributed by atoms with Gasteiger partial charge in [0.15, 0.2) is 6.10 Å². The maximum absolute atomic E-state index is 12.6. The van der Waals surface area contributed by atoms with Gasteiger partial charge in [0.1, 0.15) is 13.2 Å². The molecule has 278 valence electrons. The van der Waals surface area contributed by atoms with Crippen molar-refractivity contribution in [3.05, 3.63) is 0 Å². The molecule has 0 aliphatic rings. The van der Waals surface area contributed by atoms with Crippen LogP contribution in [0.15, 0.2) is 0 Å². The molecule has 0 fully saturated rings. The van der Waals surface area contributed by atoms with Crippen molar-refractivity contribution < 1.29 is 28.6 Å². The van der Waals surface area contributed by atoms with E-state index in [1.807, 2.05) is 0 Å². The third-order valence-corrected chi connectivity index (χ3v) is 9.11. The van der Waals surface area contributed by atoms with Crippen LogP contribution in [0.1, 0.15) is 226 Å². The van der Waals surface area contributed by atoms with E-state index in [1.54, 1.807) is 0 Å².